The number of unbranched alkanes of at least 4 members (excludes halogenated alkanes) is 9. The zero-order valence-electron chi connectivity index (χ0n) is 15.9. The monoisotopic (exact) mass is 364 g/mol. The summed E-state index contributed by atoms with van der Waals surface area (Å²) >= 11 is 0. The number of aliphatic hydroxyl groups is 1. The van der Waals surface area contributed by atoms with E-state index in [4.69, 9.17) is 0 Å². The molecule has 2 N–H and O–H groups in total. The van der Waals surface area contributed by atoms with Crippen LogP contribution < -0.4 is 0 Å². The summed E-state index contributed by atoms with van der Waals surface area (Å²) in [5.74, 6) is 0. The number of aliphatic hydroxyl groups excluding tert-OH is 1. The van der Waals surface area contributed by atoms with Gasteiger partial charge in [-0.2, -0.15) is 8.42 Å². The van der Waals surface area contributed by atoms with Crippen LogP contribution in [-0.4, -0.2) is 29.4 Å². The average Bonchev–Trinajstić information content (AvgIpc) is 2.53. The molecule has 0 aliphatic rings. The molecule has 2 unspecified atom stereocenters. The van der Waals surface area contributed by atoms with Crippen LogP contribution in [0, 0.1) is 0 Å². The molecule has 0 aromatic rings. The largest absolute Gasteiger partial charge is 0.393 e. The molecule has 0 aromatic heterocycles. The third-order valence-corrected chi connectivity index (χ3v) is 6.15. The first-order valence-electron chi connectivity index (χ1n) is 10.1. The summed E-state index contributed by atoms with van der Waals surface area (Å²) in [6.07, 6.45) is 14.8. The van der Waals surface area contributed by atoms with Gasteiger partial charge in [-0.15, -0.1) is 0 Å². The Morgan fingerprint density at radius 1 is 0.708 bits per heavy atom. The Bertz CT molecular complexity index is 368. The highest BCUT2D eigenvalue weighted by atomic mass is 32.2. The van der Waals surface area contributed by atoms with Crippen molar-refractivity contribution in [2.24, 2.45) is 0 Å². The zero-order chi connectivity index (χ0) is 18.3. The fourth-order valence-electron chi connectivity index (χ4n) is 3.08. The van der Waals surface area contributed by atoms with Gasteiger partial charge in [-0.1, -0.05) is 84.5 Å². The maximum atomic E-state index is 11.4. The van der Waals surface area contributed by atoms with E-state index >= 15 is 0 Å². The van der Waals surface area contributed by atoms with Gasteiger partial charge in [-0.05, 0) is 25.7 Å². The van der Waals surface area contributed by atoms with Crippen molar-refractivity contribution < 1.29 is 18.1 Å². The van der Waals surface area contributed by atoms with Crippen LogP contribution in [0.1, 0.15) is 110 Å². The third kappa shape index (κ3) is 14.2. The van der Waals surface area contributed by atoms with Gasteiger partial charge in [0.2, 0.25) is 0 Å². The van der Waals surface area contributed by atoms with Crippen molar-refractivity contribution in [1.29, 1.82) is 0 Å². The van der Waals surface area contributed by atoms with Crippen LogP contribution >= 0.6 is 0 Å². The minimum absolute atomic E-state index is 0.127. The Morgan fingerprint density at radius 2 is 1.12 bits per heavy atom. The van der Waals surface area contributed by atoms with E-state index in [-0.39, 0.29) is 6.10 Å². The third-order valence-electron chi connectivity index (χ3n) is 4.84. The summed E-state index contributed by atoms with van der Waals surface area (Å²) in [5.41, 5.74) is 0. The van der Waals surface area contributed by atoms with Crippen LogP contribution in [0.5, 0.6) is 0 Å². The van der Waals surface area contributed by atoms with Gasteiger partial charge in [0, 0.05) is 0 Å². The molecule has 0 saturated carbocycles. The molecule has 4 nitrogen and oxygen atoms in total. The van der Waals surface area contributed by atoms with Crippen molar-refractivity contribution in [2.45, 2.75) is 122 Å². The Morgan fingerprint density at radius 3 is 1.54 bits per heavy atom. The van der Waals surface area contributed by atoms with E-state index in [9.17, 15) is 18.1 Å². The molecule has 5 heteroatoms. The smallest absolute Gasteiger partial charge is 0.267 e. The number of hydrogen-bond acceptors (Lipinski definition) is 3. The molecule has 0 saturated heterocycles. The van der Waals surface area contributed by atoms with Crippen LogP contribution in [0.25, 0.3) is 0 Å². The summed E-state index contributed by atoms with van der Waals surface area (Å²) < 4.78 is 32.1. The second-order valence-corrected chi connectivity index (χ2v) is 8.80. The molecule has 0 amide bonds. The minimum Gasteiger partial charge on any atom is -0.393 e. The highest BCUT2D eigenvalue weighted by molar-refractivity contribution is 7.86. The van der Waals surface area contributed by atoms with Gasteiger partial charge >= 0.3 is 0 Å². The van der Waals surface area contributed by atoms with Crippen molar-refractivity contribution in [1.82, 2.24) is 0 Å². The predicted octanol–water partition coefficient (Wildman–Crippen LogP) is 5.50. The Balaban J connectivity index is 3.58. The molecule has 146 valence electrons. The van der Waals surface area contributed by atoms with Crippen molar-refractivity contribution in [2.75, 3.05) is 0 Å². The second-order valence-electron chi connectivity index (χ2n) is 7.10. The van der Waals surface area contributed by atoms with Crippen molar-refractivity contribution in [3.8, 4) is 0 Å². The normalized spacial score (nSPS) is 14.7. The summed E-state index contributed by atoms with van der Waals surface area (Å²) in [5, 5.41) is 8.91. The van der Waals surface area contributed by atoms with Crippen LogP contribution in [0.2, 0.25) is 0 Å². The Hall–Kier alpha value is -0.130. The van der Waals surface area contributed by atoms with E-state index < -0.39 is 15.4 Å². The molecular formula is C19H40O4S. The lowest BCUT2D eigenvalue weighted by Gasteiger charge is -2.13. The van der Waals surface area contributed by atoms with E-state index in [1.807, 2.05) is 6.92 Å². The summed E-state index contributed by atoms with van der Waals surface area (Å²) in [4.78, 5) is 0. The molecule has 0 aromatic carbocycles. The van der Waals surface area contributed by atoms with E-state index in [1.165, 1.54) is 25.7 Å². The summed E-state index contributed by atoms with van der Waals surface area (Å²) in [7, 11) is -3.88. The van der Waals surface area contributed by atoms with Gasteiger partial charge in [-0.3, -0.25) is 4.55 Å². The molecule has 0 spiro atoms. The van der Waals surface area contributed by atoms with E-state index in [2.05, 4.69) is 6.92 Å². The van der Waals surface area contributed by atoms with E-state index in [0.29, 0.717) is 12.8 Å². The summed E-state index contributed by atoms with van der Waals surface area (Å²) in [6, 6.07) is 0. The fraction of sp³-hybridized carbons (Fsp3) is 1.00. The highest BCUT2D eigenvalue weighted by Crippen LogP contribution is 2.18. The van der Waals surface area contributed by atoms with Crippen molar-refractivity contribution >= 4 is 10.1 Å². The van der Waals surface area contributed by atoms with Crippen LogP contribution in [0.15, 0.2) is 0 Å². The minimum atomic E-state index is -3.88. The molecule has 0 rings (SSSR count). The molecule has 0 radical (unpaired) electrons. The molecule has 0 aliphatic heterocycles. The van der Waals surface area contributed by atoms with E-state index in [0.717, 1.165) is 57.8 Å². The van der Waals surface area contributed by atoms with E-state index in [1.54, 1.807) is 0 Å². The van der Waals surface area contributed by atoms with Gasteiger partial charge < -0.3 is 5.11 Å². The first-order chi connectivity index (χ1) is 11.4. The molecular weight excluding hydrogens is 324 g/mol. The van der Waals surface area contributed by atoms with Gasteiger partial charge in [0.25, 0.3) is 10.1 Å². The standard InChI is InChI=1S/C19H40O4S/c1-3-5-12-16-19(24(21,22)23)17-14-11-9-7-6-8-10-13-15-18(20)4-2/h18-20H,3-17H2,1-2H3,(H,21,22,23). The van der Waals surface area contributed by atoms with Crippen LogP contribution in [-0.2, 0) is 10.1 Å². The Kier molecular flexibility index (Phi) is 15.1. The quantitative estimate of drug-likeness (QED) is 0.264. The Labute approximate surface area is 150 Å². The first-order valence-corrected chi connectivity index (χ1v) is 11.6. The second kappa shape index (κ2) is 15.2. The van der Waals surface area contributed by atoms with Gasteiger partial charge in [-0.25, -0.2) is 0 Å². The lowest BCUT2D eigenvalue weighted by Crippen LogP contribution is -2.20. The van der Waals surface area contributed by atoms with Crippen LogP contribution in [0.4, 0.5) is 0 Å². The fourth-order valence-corrected chi connectivity index (χ4v) is 4.01. The molecule has 0 fully saturated rings. The first kappa shape index (κ1) is 23.9. The molecule has 0 heterocycles. The lowest BCUT2D eigenvalue weighted by molar-refractivity contribution is 0.156. The summed E-state index contributed by atoms with van der Waals surface area (Å²) in [6.45, 7) is 4.11. The zero-order valence-corrected chi connectivity index (χ0v) is 16.7. The van der Waals surface area contributed by atoms with Gasteiger partial charge in [0.05, 0.1) is 11.4 Å². The highest BCUT2D eigenvalue weighted by Gasteiger charge is 2.21. The maximum Gasteiger partial charge on any atom is 0.267 e. The predicted molar refractivity (Wildman–Crippen MR) is 102 cm³/mol. The SMILES string of the molecule is CCCCCC(CCCCCCCCCCC(O)CC)S(=O)(=O)O. The molecule has 0 aliphatic carbocycles. The molecule has 2 atom stereocenters. The lowest BCUT2D eigenvalue weighted by atomic mass is 10.0. The van der Waals surface area contributed by atoms with Crippen LogP contribution in [0.3, 0.4) is 0 Å². The maximum absolute atomic E-state index is 11.4. The topological polar surface area (TPSA) is 74.6 Å². The number of hydrogen-bond donors (Lipinski definition) is 2. The van der Waals surface area contributed by atoms with Gasteiger partial charge in [0.15, 0.2) is 0 Å². The molecule has 24 heavy (non-hydrogen) atoms. The van der Waals surface area contributed by atoms with Crippen molar-refractivity contribution in [3.05, 3.63) is 0 Å². The van der Waals surface area contributed by atoms with Gasteiger partial charge in [0.1, 0.15) is 0 Å². The van der Waals surface area contributed by atoms with Crippen molar-refractivity contribution in [3.63, 3.8) is 0 Å². The molecule has 0 bridgehead atoms. The number of rotatable bonds is 17. The average molecular weight is 365 g/mol.